The number of amidine groups is 1. The molecule has 1 amide bonds. The Balaban J connectivity index is 1.76. The van der Waals surface area contributed by atoms with Gasteiger partial charge in [-0.3, -0.25) is 9.79 Å². The molecule has 0 aromatic heterocycles. The van der Waals surface area contributed by atoms with Gasteiger partial charge in [0.1, 0.15) is 4.75 Å². The third kappa shape index (κ3) is 2.03. The lowest BCUT2D eigenvalue weighted by Crippen LogP contribution is -2.35. The summed E-state index contributed by atoms with van der Waals surface area (Å²) in [7, 11) is 0. The normalized spacial score (nSPS) is 46.9. The molecule has 2 N–H and O–H groups in total. The molecule has 3 rings (SSSR count). The zero-order chi connectivity index (χ0) is 13.8. The zero-order valence-electron chi connectivity index (χ0n) is 11.3. The first kappa shape index (κ1) is 13.2. The first-order valence-corrected chi connectivity index (χ1v) is 7.64. The third-order valence-corrected chi connectivity index (χ3v) is 6.14. The van der Waals surface area contributed by atoms with Gasteiger partial charge in [-0.2, -0.15) is 0 Å². The summed E-state index contributed by atoms with van der Waals surface area (Å²) in [6.45, 7) is 7.65. The second-order valence-corrected chi connectivity index (χ2v) is 7.58. The fraction of sp³-hybridized carbons (Fsp3) is 0.714. The van der Waals surface area contributed by atoms with Crippen LogP contribution in [0.1, 0.15) is 33.1 Å². The summed E-state index contributed by atoms with van der Waals surface area (Å²) < 4.78 is -0.602. The first-order valence-electron chi connectivity index (χ1n) is 6.82. The maximum atomic E-state index is 12.0. The Bertz CT molecular complexity index is 476. The van der Waals surface area contributed by atoms with Gasteiger partial charge in [-0.1, -0.05) is 23.9 Å². The van der Waals surface area contributed by atoms with Crippen molar-refractivity contribution in [3.8, 4) is 0 Å². The van der Waals surface area contributed by atoms with Crippen LogP contribution in [0.4, 0.5) is 0 Å². The number of aliphatic hydroxyl groups is 1. The molecule has 2 aliphatic carbocycles. The summed E-state index contributed by atoms with van der Waals surface area (Å²) in [5, 5.41) is 13.5. The quantitative estimate of drug-likeness (QED) is 0.757. The summed E-state index contributed by atoms with van der Waals surface area (Å²) in [6.07, 6.45) is 2.85. The molecule has 2 bridgehead atoms. The second kappa shape index (κ2) is 4.35. The highest BCUT2D eigenvalue weighted by atomic mass is 32.2. The molecule has 4 nitrogen and oxygen atoms in total. The van der Waals surface area contributed by atoms with E-state index in [1.54, 1.807) is 0 Å². The van der Waals surface area contributed by atoms with Crippen molar-refractivity contribution in [3.05, 3.63) is 12.2 Å². The molecule has 0 aromatic carbocycles. The molecule has 19 heavy (non-hydrogen) atoms. The van der Waals surface area contributed by atoms with Crippen molar-refractivity contribution < 1.29 is 9.90 Å². The standard InChI is InChI=1S/C14H20N2O2S/c1-7(2)14(3)12(18)16-13(19-14)15-10-5-8-4-9(10)11(17)6-8/h8-11,17H,1,4-6H2,2-3H3,(H,15,16,18)/t8-,9+,10+,11-,14+/m1/s1. The number of hydrogen-bond acceptors (Lipinski definition) is 4. The van der Waals surface area contributed by atoms with Crippen molar-refractivity contribution in [2.75, 3.05) is 0 Å². The number of aliphatic imine (C=N–C) groups is 1. The van der Waals surface area contributed by atoms with Crippen LogP contribution in [0.2, 0.25) is 0 Å². The van der Waals surface area contributed by atoms with Gasteiger partial charge in [0.25, 0.3) is 0 Å². The third-order valence-electron chi connectivity index (χ3n) is 4.80. The number of aliphatic hydroxyl groups excluding tert-OH is 1. The van der Waals surface area contributed by atoms with Crippen molar-refractivity contribution in [2.45, 2.75) is 50.0 Å². The fourth-order valence-corrected chi connectivity index (χ4v) is 4.43. The van der Waals surface area contributed by atoms with Gasteiger partial charge in [-0.25, -0.2) is 0 Å². The number of amides is 1. The van der Waals surface area contributed by atoms with Crippen LogP contribution in [-0.4, -0.2) is 33.1 Å². The van der Waals surface area contributed by atoms with Crippen molar-refractivity contribution in [2.24, 2.45) is 16.8 Å². The Kier molecular flexibility index (Phi) is 3.02. The number of thioether (sulfide) groups is 1. The summed E-state index contributed by atoms with van der Waals surface area (Å²) in [5.74, 6) is 0.864. The zero-order valence-corrected chi connectivity index (χ0v) is 12.2. The summed E-state index contributed by atoms with van der Waals surface area (Å²) in [6, 6.07) is 0.170. The molecule has 3 fully saturated rings. The maximum absolute atomic E-state index is 12.0. The van der Waals surface area contributed by atoms with Gasteiger partial charge in [0, 0.05) is 5.92 Å². The number of carbonyl (C=O) groups excluding carboxylic acids is 1. The Hall–Kier alpha value is -0.810. The molecular weight excluding hydrogens is 260 g/mol. The molecule has 0 spiro atoms. The highest BCUT2D eigenvalue weighted by Gasteiger charge is 2.48. The molecule has 5 atom stereocenters. The Labute approximate surface area is 117 Å². The Morgan fingerprint density at radius 2 is 2.26 bits per heavy atom. The molecular formula is C14H20N2O2S. The number of nitrogens with one attached hydrogen (secondary N) is 1. The number of carbonyl (C=O) groups is 1. The largest absolute Gasteiger partial charge is 0.393 e. The average Bonchev–Trinajstić information content (AvgIpc) is 2.93. The van der Waals surface area contributed by atoms with Gasteiger partial charge in [0.05, 0.1) is 12.1 Å². The van der Waals surface area contributed by atoms with E-state index >= 15 is 0 Å². The van der Waals surface area contributed by atoms with Crippen LogP contribution in [0, 0.1) is 11.8 Å². The van der Waals surface area contributed by atoms with Gasteiger partial charge in [-0.15, -0.1) is 0 Å². The minimum absolute atomic E-state index is 0.0348. The Morgan fingerprint density at radius 1 is 1.53 bits per heavy atom. The molecule has 0 radical (unpaired) electrons. The number of rotatable bonds is 2. The number of nitrogens with zero attached hydrogens (tertiary/aromatic N) is 1. The van der Waals surface area contributed by atoms with Crippen molar-refractivity contribution in [1.29, 1.82) is 0 Å². The van der Waals surface area contributed by atoms with E-state index < -0.39 is 4.75 Å². The summed E-state index contributed by atoms with van der Waals surface area (Å²) in [5.41, 5.74) is 0.841. The van der Waals surface area contributed by atoms with Crippen LogP contribution < -0.4 is 5.32 Å². The maximum Gasteiger partial charge on any atom is 0.246 e. The number of fused-ring (bicyclic) bond motifs is 2. The smallest absolute Gasteiger partial charge is 0.246 e. The summed E-state index contributed by atoms with van der Waals surface area (Å²) >= 11 is 1.45. The molecule has 1 saturated heterocycles. The molecule has 0 unspecified atom stereocenters. The van der Waals surface area contributed by atoms with Crippen LogP contribution >= 0.6 is 11.8 Å². The SMILES string of the molecule is C=C(C)[C@]1(C)SC(=N[C@H]2C[C@H]3C[C@@H]2[C@H](O)C3)NC1=O. The van der Waals surface area contributed by atoms with Crippen LogP contribution in [-0.2, 0) is 4.79 Å². The van der Waals surface area contributed by atoms with Crippen LogP contribution in [0.25, 0.3) is 0 Å². The average molecular weight is 280 g/mol. The summed E-state index contributed by atoms with van der Waals surface area (Å²) in [4.78, 5) is 16.7. The van der Waals surface area contributed by atoms with E-state index in [0.29, 0.717) is 11.1 Å². The minimum Gasteiger partial charge on any atom is -0.393 e. The highest BCUT2D eigenvalue weighted by molar-refractivity contribution is 8.16. The van der Waals surface area contributed by atoms with E-state index in [-0.39, 0.29) is 24.0 Å². The molecule has 1 aliphatic heterocycles. The van der Waals surface area contributed by atoms with E-state index in [9.17, 15) is 9.90 Å². The van der Waals surface area contributed by atoms with Crippen molar-refractivity contribution in [3.63, 3.8) is 0 Å². The van der Waals surface area contributed by atoms with Gasteiger partial charge < -0.3 is 10.4 Å². The molecule has 3 aliphatic rings. The highest BCUT2D eigenvalue weighted by Crippen LogP contribution is 2.47. The number of hydrogen-bond donors (Lipinski definition) is 2. The predicted octanol–water partition coefficient (Wildman–Crippen LogP) is 1.70. The van der Waals surface area contributed by atoms with E-state index in [0.717, 1.165) is 24.8 Å². The van der Waals surface area contributed by atoms with Crippen LogP contribution in [0.5, 0.6) is 0 Å². The molecule has 0 aromatic rings. The lowest BCUT2D eigenvalue weighted by atomic mass is 9.93. The lowest BCUT2D eigenvalue weighted by Gasteiger charge is -2.23. The lowest BCUT2D eigenvalue weighted by molar-refractivity contribution is -0.120. The fourth-order valence-electron chi connectivity index (χ4n) is 3.40. The molecule has 1 heterocycles. The van der Waals surface area contributed by atoms with Gasteiger partial charge >= 0.3 is 0 Å². The topological polar surface area (TPSA) is 61.7 Å². The Morgan fingerprint density at radius 3 is 2.79 bits per heavy atom. The van der Waals surface area contributed by atoms with E-state index in [2.05, 4.69) is 16.9 Å². The predicted molar refractivity (Wildman–Crippen MR) is 77.0 cm³/mol. The molecule has 2 saturated carbocycles. The van der Waals surface area contributed by atoms with Crippen molar-refractivity contribution in [1.82, 2.24) is 5.32 Å². The van der Waals surface area contributed by atoms with Gasteiger partial charge in [0.15, 0.2) is 5.17 Å². The van der Waals surface area contributed by atoms with Crippen LogP contribution in [0.15, 0.2) is 17.1 Å². The second-order valence-electron chi connectivity index (χ2n) is 6.18. The van der Waals surface area contributed by atoms with E-state index in [1.165, 1.54) is 11.8 Å². The van der Waals surface area contributed by atoms with Crippen molar-refractivity contribution >= 4 is 22.8 Å². The van der Waals surface area contributed by atoms with E-state index in [4.69, 9.17) is 0 Å². The van der Waals surface area contributed by atoms with Gasteiger partial charge in [-0.05, 0) is 39.0 Å². The van der Waals surface area contributed by atoms with E-state index in [1.807, 2.05) is 13.8 Å². The van der Waals surface area contributed by atoms with Gasteiger partial charge in [0.2, 0.25) is 5.91 Å². The van der Waals surface area contributed by atoms with Crippen LogP contribution in [0.3, 0.4) is 0 Å². The monoisotopic (exact) mass is 280 g/mol. The molecule has 104 valence electrons. The molecule has 5 heteroatoms. The first-order chi connectivity index (χ1) is 8.90. The minimum atomic E-state index is -0.602.